The van der Waals surface area contributed by atoms with E-state index in [1.165, 1.54) is 10.4 Å². The summed E-state index contributed by atoms with van der Waals surface area (Å²) < 4.78 is 0. The molecule has 0 spiro atoms. The summed E-state index contributed by atoms with van der Waals surface area (Å²) in [5, 5.41) is 5.05. The van der Waals surface area contributed by atoms with Crippen molar-refractivity contribution in [2.24, 2.45) is 17.6 Å². The third-order valence-electron chi connectivity index (χ3n) is 3.01. The second-order valence-corrected chi connectivity index (χ2v) is 5.65. The van der Waals surface area contributed by atoms with E-state index >= 15 is 0 Å². The molecule has 0 saturated carbocycles. The molecule has 1 heterocycles. The predicted molar refractivity (Wildman–Crippen MR) is 73.2 cm³/mol. The molecule has 0 radical (unpaired) electrons. The van der Waals surface area contributed by atoms with Crippen molar-refractivity contribution >= 4 is 17.2 Å². The lowest BCUT2D eigenvalue weighted by Gasteiger charge is -2.18. The van der Waals surface area contributed by atoms with Gasteiger partial charge in [-0.05, 0) is 36.3 Å². The Morgan fingerprint density at radius 3 is 2.71 bits per heavy atom. The molecule has 1 aromatic heterocycles. The smallest absolute Gasteiger partial charge is 0.224 e. The molecule has 17 heavy (non-hydrogen) atoms. The molecule has 0 aliphatic heterocycles. The van der Waals surface area contributed by atoms with Crippen molar-refractivity contribution in [1.29, 1.82) is 0 Å². The average molecular weight is 254 g/mol. The van der Waals surface area contributed by atoms with E-state index in [-0.39, 0.29) is 11.8 Å². The van der Waals surface area contributed by atoms with Crippen molar-refractivity contribution < 1.29 is 4.79 Å². The third-order valence-corrected chi connectivity index (χ3v) is 4.10. The molecule has 1 amide bonds. The van der Waals surface area contributed by atoms with Gasteiger partial charge in [0.05, 0.1) is 5.92 Å². The van der Waals surface area contributed by atoms with Gasteiger partial charge in [-0.3, -0.25) is 4.79 Å². The van der Waals surface area contributed by atoms with E-state index in [4.69, 9.17) is 5.73 Å². The number of amides is 1. The lowest BCUT2D eigenvalue weighted by atomic mass is 9.95. The van der Waals surface area contributed by atoms with E-state index in [9.17, 15) is 4.79 Å². The van der Waals surface area contributed by atoms with Crippen LogP contribution in [0.1, 0.15) is 24.3 Å². The van der Waals surface area contributed by atoms with Crippen LogP contribution in [0.15, 0.2) is 11.4 Å². The van der Waals surface area contributed by atoms with Crippen LogP contribution in [-0.2, 0) is 11.2 Å². The maximum atomic E-state index is 11.8. The lowest BCUT2D eigenvalue weighted by molar-refractivity contribution is -0.125. The van der Waals surface area contributed by atoms with Crippen molar-refractivity contribution in [3.63, 3.8) is 0 Å². The quantitative estimate of drug-likeness (QED) is 0.815. The number of hydrogen-bond acceptors (Lipinski definition) is 3. The van der Waals surface area contributed by atoms with Crippen molar-refractivity contribution in [3.8, 4) is 0 Å². The van der Waals surface area contributed by atoms with Crippen molar-refractivity contribution in [3.05, 3.63) is 21.9 Å². The molecule has 3 N–H and O–H groups in total. The number of carbonyl (C=O) groups is 1. The Morgan fingerprint density at radius 2 is 2.24 bits per heavy atom. The van der Waals surface area contributed by atoms with Gasteiger partial charge in [-0.25, -0.2) is 0 Å². The molecule has 3 nitrogen and oxygen atoms in total. The van der Waals surface area contributed by atoms with E-state index in [2.05, 4.69) is 23.7 Å². The van der Waals surface area contributed by atoms with E-state index in [1.54, 1.807) is 11.3 Å². The van der Waals surface area contributed by atoms with Crippen LogP contribution >= 0.6 is 11.3 Å². The Labute approximate surface area is 107 Å². The van der Waals surface area contributed by atoms with Crippen LogP contribution in [0.3, 0.4) is 0 Å². The first kappa shape index (κ1) is 14.2. The number of carbonyl (C=O) groups excluding carboxylic acids is 1. The van der Waals surface area contributed by atoms with Crippen molar-refractivity contribution in [1.82, 2.24) is 5.32 Å². The number of rotatable bonds is 6. The topological polar surface area (TPSA) is 55.1 Å². The Bertz CT molecular complexity index is 360. The summed E-state index contributed by atoms with van der Waals surface area (Å²) in [6.07, 6.45) is 0.907. The number of thiophene rings is 1. The molecule has 0 saturated heterocycles. The number of aryl methyl sites for hydroxylation is 1. The Balaban J connectivity index is 2.36. The highest BCUT2D eigenvalue weighted by molar-refractivity contribution is 7.10. The highest BCUT2D eigenvalue weighted by atomic mass is 32.1. The molecule has 4 heteroatoms. The van der Waals surface area contributed by atoms with Gasteiger partial charge < -0.3 is 11.1 Å². The van der Waals surface area contributed by atoms with Gasteiger partial charge in [0.2, 0.25) is 5.91 Å². The zero-order chi connectivity index (χ0) is 12.8. The average Bonchev–Trinajstić information content (AvgIpc) is 2.65. The van der Waals surface area contributed by atoms with Gasteiger partial charge in [0, 0.05) is 18.0 Å². The highest BCUT2D eigenvalue weighted by Gasteiger charge is 2.19. The fourth-order valence-electron chi connectivity index (χ4n) is 1.77. The van der Waals surface area contributed by atoms with Crippen LogP contribution in [0.4, 0.5) is 0 Å². The first-order valence-electron chi connectivity index (χ1n) is 6.07. The minimum atomic E-state index is -0.0700. The molecule has 1 rings (SSSR count). The van der Waals surface area contributed by atoms with Crippen molar-refractivity contribution in [2.75, 3.05) is 13.1 Å². The predicted octanol–water partition coefficient (Wildman–Crippen LogP) is 1.95. The van der Waals surface area contributed by atoms with E-state index < -0.39 is 0 Å². The van der Waals surface area contributed by atoms with Crippen LogP contribution in [0.5, 0.6) is 0 Å². The fourth-order valence-corrected chi connectivity index (χ4v) is 2.68. The Morgan fingerprint density at radius 1 is 1.53 bits per heavy atom. The summed E-state index contributed by atoms with van der Waals surface area (Å²) in [7, 11) is 0. The molecule has 1 aromatic rings. The summed E-state index contributed by atoms with van der Waals surface area (Å²) in [6.45, 7) is 7.27. The molecule has 0 aliphatic rings. The summed E-state index contributed by atoms with van der Waals surface area (Å²) in [4.78, 5) is 13.2. The van der Waals surface area contributed by atoms with E-state index in [1.807, 2.05) is 13.8 Å². The van der Waals surface area contributed by atoms with Gasteiger partial charge in [0.15, 0.2) is 0 Å². The summed E-state index contributed by atoms with van der Waals surface area (Å²) >= 11 is 1.75. The maximum Gasteiger partial charge on any atom is 0.224 e. The minimum absolute atomic E-state index is 0.0700. The molecule has 0 aliphatic carbocycles. The van der Waals surface area contributed by atoms with Gasteiger partial charge in [0.1, 0.15) is 0 Å². The first-order chi connectivity index (χ1) is 8.06. The second-order valence-electron chi connectivity index (χ2n) is 4.65. The summed E-state index contributed by atoms with van der Waals surface area (Å²) in [5.41, 5.74) is 6.92. The first-order valence-corrected chi connectivity index (χ1v) is 6.95. The molecule has 96 valence electrons. The van der Waals surface area contributed by atoms with Crippen LogP contribution in [0, 0.1) is 18.8 Å². The molecule has 1 atom stereocenters. The minimum Gasteiger partial charge on any atom is -0.355 e. The number of nitrogens with one attached hydrogen (secondary N) is 1. The van der Waals surface area contributed by atoms with E-state index in [0.717, 1.165) is 6.42 Å². The maximum absolute atomic E-state index is 11.8. The zero-order valence-electron chi connectivity index (χ0n) is 10.8. The normalized spacial score (nSPS) is 12.8. The fraction of sp³-hybridized carbons (Fsp3) is 0.615. The lowest BCUT2D eigenvalue weighted by Crippen LogP contribution is -2.38. The van der Waals surface area contributed by atoms with Crippen molar-refractivity contribution in [2.45, 2.75) is 27.2 Å². The molecular weight excluding hydrogens is 232 g/mol. The van der Waals surface area contributed by atoms with Crippen LogP contribution in [-0.4, -0.2) is 19.0 Å². The zero-order valence-corrected chi connectivity index (χ0v) is 11.6. The summed E-state index contributed by atoms with van der Waals surface area (Å²) in [6, 6.07) is 2.11. The third kappa shape index (κ3) is 4.13. The molecule has 1 unspecified atom stereocenters. The highest BCUT2D eigenvalue weighted by Crippen LogP contribution is 2.15. The Kier molecular flexibility index (Phi) is 5.65. The Hall–Kier alpha value is -0.870. The molecule has 0 bridgehead atoms. The largest absolute Gasteiger partial charge is 0.355 e. The van der Waals surface area contributed by atoms with Gasteiger partial charge in [-0.1, -0.05) is 13.8 Å². The second kappa shape index (κ2) is 6.77. The van der Waals surface area contributed by atoms with Crippen LogP contribution < -0.4 is 11.1 Å². The van der Waals surface area contributed by atoms with Gasteiger partial charge in [0.25, 0.3) is 0 Å². The molecule has 0 aromatic carbocycles. The van der Waals surface area contributed by atoms with Gasteiger partial charge in [-0.15, -0.1) is 11.3 Å². The summed E-state index contributed by atoms with van der Waals surface area (Å²) in [5.74, 6) is 0.305. The monoisotopic (exact) mass is 254 g/mol. The van der Waals surface area contributed by atoms with Gasteiger partial charge in [-0.2, -0.15) is 0 Å². The van der Waals surface area contributed by atoms with E-state index in [0.29, 0.717) is 19.0 Å². The molecular formula is C13H22N2OS. The molecule has 0 fully saturated rings. The standard InChI is InChI=1S/C13H22N2OS/c1-9(2)11(8-14)13(16)15-6-4-12-10(3)5-7-17-12/h5,7,9,11H,4,6,8,14H2,1-3H3,(H,15,16). The van der Waals surface area contributed by atoms with Crippen LogP contribution in [0.2, 0.25) is 0 Å². The number of hydrogen-bond donors (Lipinski definition) is 2. The SMILES string of the molecule is Cc1ccsc1CCNC(=O)C(CN)C(C)C. The van der Waals surface area contributed by atoms with Gasteiger partial charge >= 0.3 is 0 Å². The van der Waals surface area contributed by atoms with Crippen LogP contribution in [0.25, 0.3) is 0 Å². The number of nitrogens with two attached hydrogens (primary N) is 1.